The van der Waals surface area contributed by atoms with Crippen LogP contribution in [0.5, 0.6) is 0 Å². The fraction of sp³-hybridized carbons (Fsp3) is 0.333. The van der Waals surface area contributed by atoms with Gasteiger partial charge in [-0.15, -0.1) is 0 Å². The fourth-order valence-electron chi connectivity index (χ4n) is 1.88. The number of hydrogen-bond acceptors (Lipinski definition) is 2. The first-order valence-corrected chi connectivity index (χ1v) is 7.85. The van der Waals surface area contributed by atoms with Gasteiger partial charge in [0.05, 0.1) is 5.69 Å². The van der Waals surface area contributed by atoms with Crippen LogP contribution in [0, 0.1) is 6.92 Å². The van der Waals surface area contributed by atoms with Gasteiger partial charge in [-0.2, -0.15) is 0 Å². The summed E-state index contributed by atoms with van der Waals surface area (Å²) in [4.78, 5) is 19.5. The summed E-state index contributed by atoms with van der Waals surface area (Å²) in [6, 6.07) is 5.90. The molecule has 0 amide bonds. The Hall–Kier alpha value is -0.940. The number of hydrogen-bond donors (Lipinski definition) is 1. The van der Waals surface area contributed by atoms with Crippen LogP contribution in [0.4, 0.5) is 0 Å². The topological polar surface area (TPSA) is 45.8 Å². The third-order valence-electron chi connectivity index (χ3n) is 3.00. The molecule has 0 atom stereocenters. The Labute approximate surface area is 135 Å². The first kappa shape index (κ1) is 15.4. The minimum absolute atomic E-state index is 0.152. The van der Waals surface area contributed by atoms with Crippen LogP contribution in [0.15, 0.2) is 31.9 Å². The van der Waals surface area contributed by atoms with Crippen LogP contribution in [-0.2, 0) is 5.41 Å². The summed E-state index contributed by atoms with van der Waals surface area (Å²) in [6.45, 7) is 8.12. The zero-order valence-corrected chi connectivity index (χ0v) is 15.0. The zero-order valence-electron chi connectivity index (χ0n) is 11.8. The molecule has 0 saturated carbocycles. The van der Waals surface area contributed by atoms with E-state index in [2.05, 4.69) is 41.8 Å². The van der Waals surface area contributed by atoms with Gasteiger partial charge in [0.25, 0.3) is 5.56 Å². The van der Waals surface area contributed by atoms with Gasteiger partial charge < -0.3 is 4.98 Å². The Morgan fingerprint density at radius 2 is 1.85 bits per heavy atom. The molecule has 0 bridgehead atoms. The third-order valence-corrected chi connectivity index (χ3v) is 4.63. The Morgan fingerprint density at radius 1 is 1.20 bits per heavy atom. The van der Waals surface area contributed by atoms with Crippen molar-refractivity contribution in [1.82, 2.24) is 9.97 Å². The van der Waals surface area contributed by atoms with E-state index in [1.54, 1.807) is 0 Å². The third kappa shape index (κ3) is 3.04. The summed E-state index contributed by atoms with van der Waals surface area (Å²) >= 11 is 6.81. The molecule has 0 spiro atoms. The molecular weight excluding hydrogens is 384 g/mol. The molecule has 0 radical (unpaired) electrons. The largest absolute Gasteiger partial charge is 0.306 e. The second kappa shape index (κ2) is 5.45. The van der Waals surface area contributed by atoms with Gasteiger partial charge in [0.2, 0.25) is 0 Å². The van der Waals surface area contributed by atoms with Gasteiger partial charge in [0.15, 0.2) is 0 Å². The van der Waals surface area contributed by atoms with Crippen molar-refractivity contribution in [3.05, 3.63) is 48.8 Å². The van der Waals surface area contributed by atoms with Gasteiger partial charge in [-0.3, -0.25) is 4.79 Å². The summed E-state index contributed by atoms with van der Waals surface area (Å²) in [5, 5.41) is 0. The molecule has 0 saturated heterocycles. The second-order valence-corrected chi connectivity index (χ2v) is 7.44. The molecular formula is C15H16Br2N2O. The number of halogens is 2. The number of nitrogens with zero attached hydrogens (tertiary/aromatic N) is 1. The lowest BCUT2D eigenvalue weighted by Gasteiger charge is -2.19. The quantitative estimate of drug-likeness (QED) is 0.763. The van der Waals surface area contributed by atoms with E-state index in [0.29, 0.717) is 10.3 Å². The second-order valence-electron chi connectivity index (χ2n) is 5.79. The van der Waals surface area contributed by atoms with Crippen LogP contribution in [0.3, 0.4) is 0 Å². The van der Waals surface area contributed by atoms with Crippen molar-refractivity contribution in [2.75, 3.05) is 0 Å². The molecule has 0 aliphatic rings. The van der Waals surface area contributed by atoms with Gasteiger partial charge in [-0.1, -0.05) is 42.8 Å². The van der Waals surface area contributed by atoms with Gasteiger partial charge in [0.1, 0.15) is 10.3 Å². The van der Waals surface area contributed by atoms with E-state index in [1.807, 2.05) is 45.9 Å². The zero-order chi connectivity index (χ0) is 15.1. The normalized spacial score (nSPS) is 11.7. The number of aryl methyl sites for hydroxylation is 1. The lowest BCUT2D eigenvalue weighted by atomic mass is 9.92. The van der Waals surface area contributed by atoms with Crippen molar-refractivity contribution in [2.45, 2.75) is 33.1 Å². The van der Waals surface area contributed by atoms with Crippen molar-refractivity contribution < 1.29 is 0 Å². The lowest BCUT2D eigenvalue weighted by molar-refractivity contribution is 0.562. The Kier molecular flexibility index (Phi) is 4.21. The van der Waals surface area contributed by atoms with Crippen molar-refractivity contribution in [3.8, 4) is 11.4 Å². The fourth-order valence-corrected chi connectivity index (χ4v) is 2.91. The number of aromatic amines is 1. The molecule has 20 heavy (non-hydrogen) atoms. The average Bonchev–Trinajstić information content (AvgIpc) is 2.34. The molecule has 3 nitrogen and oxygen atoms in total. The molecule has 2 rings (SSSR count). The van der Waals surface area contributed by atoms with E-state index in [-0.39, 0.29) is 11.0 Å². The number of benzene rings is 1. The maximum atomic E-state index is 12.1. The van der Waals surface area contributed by atoms with E-state index >= 15 is 0 Å². The Morgan fingerprint density at radius 3 is 2.40 bits per heavy atom. The van der Waals surface area contributed by atoms with Crippen LogP contribution in [0.1, 0.15) is 32.0 Å². The first-order valence-electron chi connectivity index (χ1n) is 6.27. The highest BCUT2D eigenvalue weighted by Crippen LogP contribution is 2.28. The van der Waals surface area contributed by atoms with Crippen LogP contribution in [0.2, 0.25) is 0 Å². The highest BCUT2D eigenvalue weighted by atomic mass is 79.9. The summed E-state index contributed by atoms with van der Waals surface area (Å²) in [6.07, 6.45) is 0. The number of nitrogens with one attached hydrogen (secondary N) is 1. The highest BCUT2D eigenvalue weighted by molar-refractivity contribution is 9.10. The first-order chi connectivity index (χ1) is 9.20. The van der Waals surface area contributed by atoms with E-state index in [4.69, 9.17) is 0 Å². The maximum absolute atomic E-state index is 12.1. The maximum Gasteiger partial charge on any atom is 0.265 e. The van der Waals surface area contributed by atoms with E-state index < -0.39 is 0 Å². The van der Waals surface area contributed by atoms with Crippen LogP contribution in [-0.4, -0.2) is 9.97 Å². The van der Waals surface area contributed by atoms with E-state index in [9.17, 15) is 4.79 Å². The molecule has 106 valence electrons. The minimum Gasteiger partial charge on any atom is -0.306 e. The molecule has 0 unspecified atom stereocenters. The summed E-state index contributed by atoms with van der Waals surface area (Å²) in [5.41, 5.74) is 2.41. The van der Waals surface area contributed by atoms with Crippen LogP contribution >= 0.6 is 31.9 Å². The van der Waals surface area contributed by atoms with Crippen molar-refractivity contribution >= 4 is 31.9 Å². The molecule has 1 aromatic carbocycles. The Balaban J connectivity index is 2.67. The molecule has 1 heterocycles. The molecule has 0 aliphatic carbocycles. The smallest absolute Gasteiger partial charge is 0.265 e. The number of aromatic nitrogens is 2. The highest BCUT2D eigenvalue weighted by Gasteiger charge is 2.22. The van der Waals surface area contributed by atoms with Crippen molar-refractivity contribution in [1.29, 1.82) is 0 Å². The summed E-state index contributed by atoms with van der Waals surface area (Å²) < 4.78 is 1.54. The number of rotatable bonds is 1. The molecule has 1 aromatic heterocycles. The molecule has 0 fully saturated rings. The lowest BCUT2D eigenvalue weighted by Crippen LogP contribution is -2.22. The molecule has 5 heteroatoms. The van der Waals surface area contributed by atoms with Gasteiger partial charge >= 0.3 is 0 Å². The predicted octanol–water partition coefficient (Wildman–Crippen LogP) is 4.57. The summed E-state index contributed by atoms with van der Waals surface area (Å²) in [5.74, 6) is 0.596. The number of H-pyrrole nitrogens is 1. The SMILES string of the molecule is Cc1cc(-c2nc(C(C)(C)C)c(Br)c(=O)[nH]2)ccc1Br. The standard InChI is InChI=1S/C15H16Br2N2O/c1-8-7-9(5-6-10(8)16)13-18-12(15(2,3)4)11(17)14(20)19-13/h5-7H,1-4H3,(H,18,19,20). The summed E-state index contributed by atoms with van der Waals surface area (Å²) in [7, 11) is 0. The van der Waals surface area contributed by atoms with E-state index in [1.165, 1.54) is 0 Å². The predicted molar refractivity (Wildman–Crippen MR) is 89.1 cm³/mol. The average molecular weight is 400 g/mol. The van der Waals surface area contributed by atoms with Crippen LogP contribution in [0.25, 0.3) is 11.4 Å². The Bertz CT molecular complexity index is 715. The molecule has 0 aliphatic heterocycles. The molecule has 1 N–H and O–H groups in total. The van der Waals surface area contributed by atoms with E-state index in [0.717, 1.165) is 21.3 Å². The van der Waals surface area contributed by atoms with Gasteiger partial charge in [-0.25, -0.2) is 4.98 Å². The van der Waals surface area contributed by atoms with Crippen LogP contribution < -0.4 is 5.56 Å². The minimum atomic E-state index is -0.202. The van der Waals surface area contributed by atoms with Gasteiger partial charge in [0, 0.05) is 15.5 Å². The van der Waals surface area contributed by atoms with Crippen molar-refractivity contribution in [2.24, 2.45) is 0 Å². The monoisotopic (exact) mass is 398 g/mol. The van der Waals surface area contributed by atoms with Gasteiger partial charge in [-0.05, 0) is 40.5 Å². The van der Waals surface area contributed by atoms with Crippen molar-refractivity contribution in [3.63, 3.8) is 0 Å². The molecule has 2 aromatic rings.